The average Bonchev–Trinajstić information content (AvgIpc) is 3.40. The lowest BCUT2D eigenvalue weighted by atomic mass is 9.87. The predicted molar refractivity (Wildman–Crippen MR) is 139 cm³/mol. The Hall–Kier alpha value is -3.28. The number of aryl methyl sites for hydroxylation is 1. The van der Waals surface area contributed by atoms with Gasteiger partial charge in [0.05, 0.1) is 11.5 Å². The molecular weight excluding hydrogens is 510 g/mol. The Morgan fingerprint density at radius 2 is 1.71 bits per heavy atom. The van der Waals surface area contributed by atoms with Crippen LogP contribution < -0.4 is 10.2 Å². The molecule has 1 aliphatic heterocycles. The standard InChI is InChI=1S/C27H33N3O7S/c1-26(2,3)20-8-6-19(7-9-20)24-29-28-23(37-24)5-4-16-36-21-10-12-22(13-11-21)38(33,34)27(25(31)30-32)14-17-35-18-15-27/h6-13,32H,4-5,14-18H2,1-3H3,(H,30,31). The fraction of sp³-hybridized carbons (Fsp3) is 0.444. The predicted octanol–water partition coefficient (Wildman–Crippen LogP) is 3.87. The van der Waals surface area contributed by atoms with E-state index >= 15 is 0 Å². The summed E-state index contributed by atoms with van der Waals surface area (Å²) >= 11 is 0. The molecule has 0 radical (unpaired) electrons. The Balaban J connectivity index is 1.32. The van der Waals surface area contributed by atoms with Gasteiger partial charge >= 0.3 is 0 Å². The summed E-state index contributed by atoms with van der Waals surface area (Å²) in [6.45, 7) is 7.06. The average molecular weight is 544 g/mol. The molecule has 0 bridgehead atoms. The van der Waals surface area contributed by atoms with Crippen molar-refractivity contribution in [3.8, 4) is 17.2 Å². The van der Waals surface area contributed by atoms with E-state index < -0.39 is 20.5 Å². The van der Waals surface area contributed by atoms with Crippen LogP contribution in [0.5, 0.6) is 5.75 Å². The fourth-order valence-corrected chi connectivity index (χ4v) is 6.30. The van der Waals surface area contributed by atoms with Crippen molar-refractivity contribution < 1.29 is 32.3 Å². The Labute approximate surface area is 222 Å². The van der Waals surface area contributed by atoms with Gasteiger partial charge in [0, 0.05) is 25.2 Å². The molecule has 0 unspecified atom stereocenters. The Bertz CT molecular complexity index is 1340. The Morgan fingerprint density at radius 3 is 2.32 bits per heavy atom. The maximum Gasteiger partial charge on any atom is 0.265 e. The number of hydrogen-bond donors (Lipinski definition) is 2. The lowest BCUT2D eigenvalue weighted by Gasteiger charge is -2.34. The Kier molecular flexibility index (Phi) is 8.19. The van der Waals surface area contributed by atoms with Crippen molar-refractivity contribution in [1.82, 2.24) is 15.7 Å². The van der Waals surface area contributed by atoms with Crippen LogP contribution in [-0.4, -0.2) is 54.3 Å². The molecule has 1 aliphatic rings. The number of nitrogens with zero attached hydrogens (tertiary/aromatic N) is 2. The maximum absolute atomic E-state index is 13.3. The van der Waals surface area contributed by atoms with Gasteiger partial charge in [-0.1, -0.05) is 32.9 Å². The molecule has 2 heterocycles. The molecule has 0 saturated carbocycles. The van der Waals surface area contributed by atoms with Crippen molar-refractivity contribution in [3.05, 3.63) is 60.0 Å². The van der Waals surface area contributed by atoms with Crippen molar-refractivity contribution in [1.29, 1.82) is 0 Å². The molecule has 2 N–H and O–H groups in total. The van der Waals surface area contributed by atoms with Crippen molar-refractivity contribution in [2.75, 3.05) is 19.8 Å². The van der Waals surface area contributed by atoms with Crippen LogP contribution in [0.3, 0.4) is 0 Å². The second-order valence-electron chi connectivity index (χ2n) is 10.3. The largest absolute Gasteiger partial charge is 0.494 e. The number of amides is 1. The second-order valence-corrected chi connectivity index (χ2v) is 12.6. The van der Waals surface area contributed by atoms with Gasteiger partial charge in [0.2, 0.25) is 11.8 Å². The van der Waals surface area contributed by atoms with Crippen molar-refractivity contribution >= 4 is 15.7 Å². The van der Waals surface area contributed by atoms with E-state index in [1.54, 1.807) is 12.1 Å². The third-order valence-electron chi connectivity index (χ3n) is 6.73. The molecule has 4 rings (SSSR count). The van der Waals surface area contributed by atoms with Gasteiger partial charge in [-0.3, -0.25) is 10.0 Å². The summed E-state index contributed by atoms with van der Waals surface area (Å²) < 4.78 is 41.6. The van der Waals surface area contributed by atoms with Gasteiger partial charge in [-0.05, 0) is 66.6 Å². The molecule has 10 nitrogen and oxygen atoms in total. The summed E-state index contributed by atoms with van der Waals surface area (Å²) in [6, 6.07) is 14.0. The van der Waals surface area contributed by atoms with Crippen LogP contribution in [0.15, 0.2) is 57.8 Å². The van der Waals surface area contributed by atoms with Gasteiger partial charge in [0.15, 0.2) is 14.6 Å². The first kappa shape index (κ1) is 27.7. The van der Waals surface area contributed by atoms with E-state index in [0.717, 1.165) is 5.56 Å². The molecule has 1 amide bonds. The number of benzene rings is 2. The molecule has 0 spiro atoms. The minimum atomic E-state index is -4.08. The van der Waals surface area contributed by atoms with Gasteiger partial charge in [-0.25, -0.2) is 13.9 Å². The summed E-state index contributed by atoms with van der Waals surface area (Å²) in [5.41, 5.74) is 3.67. The molecule has 204 valence electrons. The number of aromatic nitrogens is 2. The lowest BCUT2D eigenvalue weighted by molar-refractivity contribution is -0.134. The summed E-state index contributed by atoms with van der Waals surface area (Å²) in [7, 11) is -4.08. The number of rotatable bonds is 9. The number of hydroxylamine groups is 1. The van der Waals surface area contributed by atoms with Gasteiger partial charge in [0.25, 0.3) is 5.91 Å². The number of carbonyl (C=O) groups excluding carboxylic acids is 1. The van der Waals surface area contributed by atoms with Crippen molar-refractivity contribution in [3.63, 3.8) is 0 Å². The summed E-state index contributed by atoms with van der Waals surface area (Å²) in [5.74, 6) is 0.512. The van der Waals surface area contributed by atoms with Crippen LogP contribution in [0, 0.1) is 0 Å². The van der Waals surface area contributed by atoms with Crippen LogP contribution >= 0.6 is 0 Å². The summed E-state index contributed by atoms with van der Waals surface area (Å²) in [4.78, 5) is 12.3. The third kappa shape index (κ3) is 5.74. The van der Waals surface area contributed by atoms with Crippen LogP contribution in [-0.2, 0) is 31.2 Å². The molecule has 1 aromatic heterocycles. The van der Waals surface area contributed by atoms with Crippen LogP contribution in [0.2, 0.25) is 0 Å². The van der Waals surface area contributed by atoms with E-state index in [9.17, 15) is 13.2 Å². The zero-order chi connectivity index (χ0) is 27.4. The Morgan fingerprint density at radius 1 is 1.05 bits per heavy atom. The minimum Gasteiger partial charge on any atom is -0.494 e. The molecule has 1 fully saturated rings. The highest BCUT2D eigenvalue weighted by Gasteiger charge is 2.52. The van der Waals surface area contributed by atoms with E-state index in [0.29, 0.717) is 37.0 Å². The van der Waals surface area contributed by atoms with E-state index in [2.05, 4.69) is 43.1 Å². The number of nitrogens with one attached hydrogen (secondary N) is 1. The molecule has 0 aliphatic carbocycles. The zero-order valence-electron chi connectivity index (χ0n) is 21.8. The number of ether oxygens (including phenoxy) is 2. The van der Waals surface area contributed by atoms with Crippen LogP contribution in [0.1, 0.15) is 51.5 Å². The number of carbonyl (C=O) groups is 1. The fourth-order valence-electron chi connectivity index (χ4n) is 4.36. The van der Waals surface area contributed by atoms with Gasteiger partial charge in [-0.2, -0.15) is 0 Å². The van der Waals surface area contributed by atoms with E-state index in [4.69, 9.17) is 19.1 Å². The van der Waals surface area contributed by atoms with Crippen LogP contribution in [0.4, 0.5) is 0 Å². The maximum atomic E-state index is 13.3. The highest BCUT2D eigenvalue weighted by Crippen LogP contribution is 2.36. The quantitative estimate of drug-likeness (QED) is 0.234. The lowest BCUT2D eigenvalue weighted by Crippen LogP contribution is -2.54. The smallest absolute Gasteiger partial charge is 0.265 e. The molecule has 38 heavy (non-hydrogen) atoms. The van der Waals surface area contributed by atoms with E-state index in [-0.39, 0.29) is 36.4 Å². The van der Waals surface area contributed by atoms with E-state index in [1.165, 1.54) is 23.2 Å². The minimum absolute atomic E-state index is 0.0238. The topological polar surface area (TPSA) is 141 Å². The number of sulfone groups is 1. The van der Waals surface area contributed by atoms with Crippen molar-refractivity contribution in [2.24, 2.45) is 0 Å². The molecular formula is C27H33N3O7S. The van der Waals surface area contributed by atoms with Crippen molar-refractivity contribution in [2.45, 2.75) is 61.5 Å². The molecule has 11 heteroatoms. The third-order valence-corrected chi connectivity index (χ3v) is 9.25. The first-order valence-corrected chi connectivity index (χ1v) is 14.0. The first-order valence-electron chi connectivity index (χ1n) is 12.5. The normalized spacial score (nSPS) is 15.7. The zero-order valence-corrected chi connectivity index (χ0v) is 22.6. The molecule has 1 saturated heterocycles. The monoisotopic (exact) mass is 543 g/mol. The summed E-state index contributed by atoms with van der Waals surface area (Å²) in [5, 5.41) is 17.4. The molecule has 0 atom stereocenters. The molecule has 2 aromatic carbocycles. The highest BCUT2D eigenvalue weighted by atomic mass is 32.2. The van der Waals surface area contributed by atoms with E-state index in [1.807, 2.05) is 12.1 Å². The molecule has 3 aromatic rings. The van der Waals surface area contributed by atoms with Gasteiger partial charge < -0.3 is 13.9 Å². The SMILES string of the molecule is CC(C)(C)c1ccc(-c2nnc(CCCOc3ccc(S(=O)(=O)C4(C(=O)NO)CCOCC4)cc3)o2)cc1. The second kappa shape index (κ2) is 11.2. The highest BCUT2D eigenvalue weighted by molar-refractivity contribution is 7.93. The first-order chi connectivity index (χ1) is 18.1. The van der Waals surface area contributed by atoms with Gasteiger partial charge in [0.1, 0.15) is 5.75 Å². The summed E-state index contributed by atoms with van der Waals surface area (Å²) in [6.07, 6.45) is 1.06. The van der Waals surface area contributed by atoms with Crippen LogP contribution in [0.25, 0.3) is 11.5 Å². The van der Waals surface area contributed by atoms with Gasteiger partial charge in [-0.15, -0.1) is 10.2 Å². The number of hydrogen-bond acceptors (Lipinski definition) is 9.